The first-order valence-corrected chi connectivity index (χ1v) is 4.64. The van der Waals surface area contributed by atoms with Crippen LogP contribution >= 0.6 is 0 Å². The molecule has 0 radical (unpaired) electrons. The SMILES string of the molecule is CCC(O)CNC(C)c1ccn[nH]1. The summed E-state index contributed by atoms with van der Waals surface area (Å²) in [5.74, 6) is 0. The van der Waals surface area contributed by atoms with Crippen molar-refractivity contribution in [3.8, 4) is 0 Å². The molecule has 2 unspecified atom stereocenters. The number of hydrogen-bond donors (Lipinski definition) is 3. The summed E-state index contributed by atoms with van der Waals surface area (Å²) in [6, 6.07) is 2.14. The molecule has 0 spiro atoms. The molecule has 74 valence electrons. The highest BCUT2D eigenvalue weighted by Crippen LogP contribution is 2.06. The van der Waals surface area contributed by atoms with Gasteiger partial charge in [0, 0.05) is 18.8 Å². The summed E-state index contributed by atoms with van der Waals surface area (Å²) < 4.78 is 0. The van der Waals surface area contributed by atoms with E-state index >= 15 is 0 Å². The summed E-state index contributed by atoms with van der Waals surface area (Å²) in [7, 11) is 0. The third-order valence-corrected chi connectivity index (χ3v) is 2.12. The van der Waals surface area contributed by atoms with Crippen LogP contribution in [0.2, 0.25) is 0 Å². The summed E-state index contributed by atoms with van der Waals surface area (Å²) in [6.45, 7) is 4.62. The van der Waals surface area contributed by atoms with E-state index in [1.807, 2.05) is 19.9 Å². The lowest BCUT2D eigenvalue weighted by atomic mass is 10.2. The van der Waals surface area contributed by atoms with E-state index < -0.39 is 0 Å². The highest BCUT2D eigenvalue weighted by Gasteiger charge is 2.07. The summed E-state index contributed by atoms with van der Waals surface area (Å²) in [6.07, 6.45) is 2.25. The Morgan fingerprint density at radius 3 is 3.00 bits per heavy atom. The number of hydrogen-bond acceptors (Lipinski definition) is 3. The van der Waals surface area contributed by atoms with Gasteiger partial charge in [-0.25, -0.2) is 0 Å². The number of aliphatic hydroxyl groups excluding tert-OH is 1. The topological polar surface area (TPSA) is 60.9 Å². The summed E-state index contributed by atoms with van der Waals surface area (Å²) in [5, 5.41) is 19.3. The van der Waals surface area contributed by atoms with Gasteiger partial charge in [-0.2, -0.15) is 5.10 Å². The van der Waals surface area contributed by atoms with Gasteiger partial charge in [0.05, 0.1) is 11.8 Å². The molecule has 0 fully saturated rings. The van der Waals surface area contributed by atoms with E-state index in [4.69, 9.17) is 0 Å². The predicted molar refractivity (Wildman–Crippen MR) is 51.3 cm³/mol. The second-order valence-electron chi connectivity index (χ2n) is 3.20. The Labute approximate surface area is 78.4 Å². The normalized spacial score (nSPS) is 15.6. The fraction of sp³-hybridized carbons (Fsp3) is 0.667. The average molecular weight is 183 g/mol. The van der Waals surface area contributed by atoms with Crippen molar-refractivity contribution in [2.24, 2.45) is 0 Å². The Kier molecular flexibility index (Phi) is 3.92. The molecule has 0 aliphatic carbocycles. The summed E-state index contributed by atoms with van der Waals surface area (Å²) in [5.41, 5.74) is 1.04. The van der Waals surface area contributed by atoms with Gasteiger partial charge in [0.1, 0.15) is 0 Å². The zero-order chi connectivity index (χ0) is 9.68. The van der Waals surface area contributed by atoms with Gasteiger partial charge in [0.15, 0.2) is 0 Å². The maximum Gasteiger partial charge on any atom is 0.0662 e. The minimum absolute atomic E-state index is 0.212. The first-order valence-electron chi connectivity index (χ1n) is 4.64. The Morgan fingerprint density at radius 2 is 2.46 bits per heavy atom. The minimum Gasteiger partial charge on any atom is -0.392 e. The molecule has 0 aromatic carbocycles. The monoisotopic (exact) mass is 183 g/mol. The van der Waals surface area contributed by atoms with Crippen molar-refractivity contribution in [3.63, 3.8) is 0 Å². The number of aromatic nitrogens is 2. The average Bonchev–Trinajstić information content (AvgIpc) is 2.66. The quantitative estimate of drug-likeness (QED) is 0.633. The first kappa shape index (κ1) is 10.2. The van der Waals surface area contributed by atoms with E-state index in [1.165, 1.54) is 0 Å². The molecule has 1 aromatic rings. The van der Waals surface area contributed by atoms with Gasteiger partial charge in [0.25, 0.3) is 0 Å². The lowest BCUT2D eigenvalue weighted by molar-refractivity contribution is 0.163. The standard InChI is InChI=1S/C9H17N3O/c1-3-8(13)6-10-7(2)9-4-5-11-12-9/h4-5,7-8,10,13H,3,6H2,1-2H3,(H,11,12). The van der Waals surface area contributed by atoms with Crippen molar-refractivity contribution in [1.29, 1.82) is 0 Å². The molecule has 0 amide bonds. The molecular weight excluding hydrogens is 166 g/mol. The molecule has 0 saturated carbocycles. The van der Waals surface area contributed by atoms with E-state index in [-0.39, 0.29) is 12.1 Å². The second kappa shape index (κ2) is 4.99. The van der Waals surface area contributed by atoms with Crippen LogP contribution < -0.4 is 5.32 Å². The summed E-state index contributed by atoms with van der Waals surface area (Å²) >= 11 is 0. The lowest BCUT2D eigenvalue weighted by Gasteiger charge is -2.14. The van der Waals surface area contributed by atoms with Crippen LogP contribution in [0.3, 0.4) is 0 Å². The van der Waals surface area contributed by atoms with Crippen LogP contribution in [0.25, 0.3) is 0 Å². The third kappa shape index (κ3) is 3.16. The van der Waals surface area contributed by atoms with Gasteiger partial charge in [-0.1, -0.05) is 6.92 Å². The molecule has 2 atom stereocenters. The molecule has 0 saturated heterocycles. The minimum atomic E-state index is -0.259. The van der Waals surface area contributed by atoms with Crippen LogP contribution in [0.5, 0.6) is 0 Å². The molecule has 4 nitrogen and oxygen atoms in total. The fourth-order valence-corrected chi connectivity index (χ4v) is 1.07. The Hall–Kier alpha value is -0.870. The molecule has 1 aromatic heterocycles. The lowest BCUT2D eigenvalue weighted by Crippen LogP contribution is -2.28. The Morgan fingerprint density at radius 1 is 1.69 bits per heavy atom. The van der Waals surface area contributed by atoms with Crippen molar-refractivity contribution in [2.75, 3.05) is 6.54 Å². The van der Waals surface area contributed by atoms with E-state index in [2.05, 4.69) is 15.5 Å². The maximum atomic E-state index is 9.32. The third-order valence-electron chi connectivity index (χ3n) is 2.12. The van der Waals surface area contributed by atoms with Crippen molar-refractivity contribution >= 4 is 0 Å². The molecule has 0 bridgehead atoms. The molecule has 13 heavy (non-hydrogen) atoms. The highest BCUT2D eigenvalue weighted by atomic mass is 16.3. The fourth-order valence-electron chi connectivity index (χ4n) is 1.07. The van der Waals surface area contributed by atoms with Gasteiger partial charge >= 0.3 is 0 Å². The number of nitrogens with one attached hydrogen (secondary N) is 2. The molecule has 4 heteroatoms. The van der Waals surface area contributed by atoms with Crippen LogP contribution in [0.1, 0.15) is 32.0 Å². The van der Waals surface area contributed by atoms with Gasteiger partial charge < -0.3 is 10.4 Å². The second-order valence-corrected chi connectivity index (χ2v) is 3.20. The first-order chi connectivity index (χ1) is 6.24. The van der Waals surface area contributed by atoms with Gasteiger partial charge in [-0.15, -0.1) is 0 Å². The van der Waals surface area contributed by atoms with Crippen LogP contribution in [-0.2, 0) is 0 Å². The van der Waals surface area contributed by atoms with Crippen LogP contribution in [0.4, 0.5) is 0 Å². The van der Waals surface area contributed by atoms with Gasteiger partial charge in [-0.3, -0.25) is 5.10 Å². The molecule has 0 aliphatic heterocycles. The number of aliphatic hydroxyl groups is 1. The van der Waals surface area contributed by atoms with E-state index in [0.717, 1.165) is 12.1 Å². The highest BCUT2D eigenvalue weighted by molar-refractivity contribution is 5.02. The number of rotatable bonds is 5. The molecule has 3 N–H and O–H groups in total. The van der Waals surface area contributed by atoms with Crippen molar-refractivity contribution < 1.29 is 5.11 Å². The van der Waals surface area contributed by atoms with Crippen LogP contribution in [0.15, 0.2) is 12.3 Å². The summed E-state index contributed by atoms with van der Waals surface area (Å²) in [4.78, 5) is 0. The van der Waals surface area contributed by atoms with E-state index in [0.29, 0.717) is 6.54 Å². The molecular formula is C9H17N3O. The van der Waals surface area contributed by atoms with Crippen molar-refractivity contribution in [3.05, 3.63) is 18.0 Å². The Balaban J connectivity index is 2.30. The molecule has 1 heterocycles. The smallest absolute Gasteiger partial charge is 0.0662 e. The predicted octanol–water partition coefficient (Wildman–Crippen LogP) is 0.831. The Bertz CT molecular complexity index is 223. The van der Waals surface area contributed by atoms with Gasteiger partial charge in [-0.05, 0) is 19.4 Å². The molecule has 1 rings (SSSR count). The van der Waals surface area contributed by atoms with Crippen LogP contribution in [0, 0.1) is 0 Å². The zero-order valence-corrected chi connectivity index (χ0v) is 8.12. The maximum absolute atomic E-state index is 9.32. The van der Waals surface area contributed by atoms with Gasteiger partial charge in [0.2, 0.25) is 0 Å². The molecule has 0 aliphatic rings. The number of aromatic amines is 1. The van der Waals surface area contributed by atoms with E-state index in [1.54, 1.807) is 6.20 Å². The van der Waals surface area contributed by atoms with E-state index in [9.17, 15) is 5.11 Å². The number of H-pyrrole nitrogens is 1. The largest absolute Gasteiger partial charge is 0.392 e. The van der Waals surface area contributed by atoms with Crippen LogP contribution in [-0.4, -0.2) is 28.0 Å². The van der Waals surface area contributed by atoms with Crippen molar-refractivity contribution in [2.45, 2.75) is 32.4 Å². The number of nitrogens with zero attached hydrogens (tertiary/aromatic N) is 1. The van der Waals surface area contributed by atoms with Crippen molar-refractivity contribution in [1.82, 2.24) is 15.5 Å². The zero-order valence-electron chi connectivity index (χ0n) is 8.12.